The van der Waals surface area contributed by atoms with E-state index in [0.717, 1.165) is 0 Å². The molecule has 1 aliphatic carbocycles. The predicted molar refractivity (Wildman–Crippen MR) is 75.9 cm³/mol. The number of aliphatic carboxylic acids is 1. The van der Waals surface area contributed by atoms with Crippen molar-refractivity contribution in [1.29, 1.82) is 0 Å². The van der Waals surface area contributed by atoms with Crippen molar-refractivity contribution in [3.8, 4) is 0 Å². The van der Waals surface area contributed by atoms with E-state index in [2.05, 4.69) is 9.97 Å². The molecule has 2 heterocycles. The summed E-state index contributed by atoms with van der Waals surface area (Å²) in [6.45, 7) is 0.155. The minimum atomic E-state index is -0.937. The summed E-state index contributed by atoms with van der Waals surface area (Å²) >= 11 is 1.31. The lowest BCUT2D eigenvalue weighted by Gasteiger charge is -2.16. The molecule has 0 saturated heterocycles. The molecule has 0 unspecified atom stereocenters. The molecule has 2 N–H and O–H groups in total. The first-order valence-electron chi connectivity index (χ1n) is 6.41. The maximum absolute atomic E-state index is 12.1. The van der Waals surface area contributed by atoms with Crippen molar-refractivity contribution in [2.75, 3.05) is 7.05 Å². The minimum absolute atomic E-state index is 0.155. The van der Waals surface area contributed by atoms with Gasteiger partial charge in [0.05, 0.1) is 23.9 Å². The lowest BCUT2D eigenvalue weighted by atomic mass is 10.3. The second-order valence-corrected chi connectivity index (χ2v) is 6.04. The lowest BCUT2D eigenvalue weighted by Crippen LogP contribution is -2.30. The largest absolute Gasteiger partial charge is 0.481 e. The fourth-order valence-electron chi connectivity index (χ4n) is 2.32. The zero-order valence-corrected chi connectivity index (χ0v) is 12.0. The molecular formula is C13H13N3O4S. The van der Waals surface area contributed by atoms with Gasteiger partial charge in [-0.2, -0.15) is 0 Å². The van der Waals surface area contributed by atoms with E-state index in [1.165, 1.54) is 16.2 Å². The number of nitrogens with one attached hydrogen (secondary N) is 1. The van der Waals surface area contributed by atoms with Gasteiger partial charge in [-0.3, -0.25) is 14.4 Å². The van der Waals surface area contributed by atoms with Crippen LogP contribution < -0.4 is 5.56 Å². The number of rotatable bonds is 4. The Bertz CT molecular complexity index is 781. The third-order valence-electron chi connectivity index (χ3n) is 3.55. The normalized spacial score (nSPS) is 20.4. The van der Waals surface area contributed by atoms with E-state index in [4.69, 9.17) is 5.11 Å². The molecule has 0 spiro atoms. The number of carboxylic acids is 1. The van der Waals surface area contributed by atoms with Crippen LogP contribution in [0.1, 0.15) is 12.2 Å². The first-order valence-corrected chi connectivity index (χ1v) is 7.29. The van der Waals surface area contributed by atoms with Crippen LogP contribution in [-0.4, -0.2) is 38.9 Å². The van der Waals surface area contributed by atoms with Gasteiger partial charge in [-0.25, -0.2) is 4.98 Å². The number of hydrogen-bond acceptors (Lipinski definition) is 5. The van der Waals surface area contributed by atoms with Gasteiger partial charge in [-0.15, -0.1) is 11.3 Å². The molecule has 1 aliphatic rings. The van der Waals surface area contributed by atoms with Crippen LogP contribution in [0, 0.1) is 11.8 Å². The van der Waals surface area contributed by atoms with E-state index >= 15 is 0 Å². The van der Waals surface area contributed by atoms with Gasteiger partial charge in [-0.1, -0.05) is 0 Å². The van der Waals surface area contributed by atoms with Crippen molar-refractivity contribution < 1.29 is 14.7 Å². The average Bonchev–Trinajstić information content (AvgIpc) is 3.09. The molecule has 1 saturated carbocycles. The number of carbonyl (C=O) groups is 2. The summed E-state index contributed by atoms with van der Waals surface area (Å²) < 4.78 is 0.556. The van der Waals surface area contributed by atoms with Crippen LogP contribution in [0.5, 0.6) is 0 Å². The molecule has 1 fully saturated rings. The number of fused-ring (bicyclic) bond motifs is 1. The summed E-state index contributed by atoms with van der Waals surface area (Å²) in [5.74, 6) is -1.80. The summed E-state index contributed by atoms with van der Waals surface area (Å²) in [5, 5.41) is 10.6. The molecule has 0 aliphatic heterocycles. The topological polar surface area (TPSA) is 103 Å². The molecule has 7 nitrogen and oxygen atoms in total. The van der Waals surface area contributed by atoms with Crippen molar-refractivity contribution >= 4 is 33.4 Å². The lowest BCUT2D eigenvalue weighted by molar-refractivity contribution is -0.141. The zero-order valence-electron chi connectivity index (χ0n) is 11.2. The molecule has 21 heavy (non-hydrogen) atoms. The minimum Gasteiger partial charge on any atom is -0.481 e. The van der Waals surface area contributed by atoms with Crippen LogP contribution in [0.15, 0.2) is 16.2 Å². The molecule has 0 bridgehead atoms. The van der Waals surface area contributed by atoms with Crippen molar-refractivity contribution in [2.24, 2.45) is 11.8 Å². The fraction of sp³-hybridized carbons (Fsp3) is 0.385. The highest BCUT2D eigenvalue weighted by Crippen LogP contribution is 2.40. The standard InChI is InChI=1S/C13H13N3O4S/c1-16(12(18)6-4-7(6)13(19)20)5-9-14-8-2-3-21-10(8)11(17)15-9/h2-3,6-7H,4-5H2,1H3,(H,19,20)(H,14,15,17)/t6-,7+/m1/s1. The molecule has 110 valence electrons. The third kappa shape index (κ3) is 2.54. The maximum Gasteiger partial charge on any atom is 0.307 e. The second-order valence-electron chi connectivity index (χ2n) is 5.13. The highest BCUT2D eigenvalue weighted by atomic mass is 32.1. The van der Waals surface area contributed by atoms with Crippen molar-refractivity contribution in [3.05, 3.63) is 27.6 Å². The Hall–Kier alpha value is -2.22. The number of nitrogens with zero attached hydrogens (tertiary/aromatic N) is 2. The second kappa shape index (κ2) is 4.96. The summed E-state index contributed by atoms with van der Waals surface area (Å²) in [5.41, 5.74) is 0.384. The first-order chi connectivity index (χ1) is 9.97. The number of carbonyl (C=O) groups excluding carboxylic acids is 1. The van der Waals surface area contributed by atoms with Crippen LogP contribution in [-0.2, 0) is 16.1 Å². The summed E-state index contributed by atoms with van der Waals surface area (Å²) in [4.78, 5) is 43.0. The van der Waals surface area contributed by atoms with Gasteiger partial charge in [0, 0.05) is 7.05 Å². The van der Waals surface area contributed by atoms with Crippen LogP contribution in [0.4, 0.5) is 0 Å². The highest BCUT2D eigenvalue weighted by Gasteiger charge is 2.49. The molecule has 2 aromatic heterocycles. The van der Waals surface area contributed by atoms with Gasteiger partial charge in [0.2, 0.25) is 5.91 Å². The molecule has 0 aromatic carbocycles. The molecule has 2 aromatic rings. The Morgan fingerprint density at radius 1 is 1.52 bits per heavy atom. The zero-order chi connectivity index (χ0) is 15.1. The predicted octanol–water partition coefficient (Wildman–Crippen LogP) is 0.664. The number of H-pyrrole nitrogens is 1. The van der Waals surface area contributed by atoms with E-state index in [0.29, 0.717) is 22.5 Å². The monoisotopic (exact) mass is 307 g/mol. The smallest absolute Gasteiger partial charge is 0.307 e. The SMILES string of the molecule is CN(Cc1nc2ccsc2c(=O)[nH]1)C(=O)[C@@H]1C[C@@H]1C(=O)O. The van der Waals surface area contributed by atoms with E-state index in [-0.39, 0.29) is 18.0 Å². The van der Waals surface area contributed by atoms with Gasteiger partial charge < -0.3 is 15.0 Å². The van der Waals surface area contributed by atoms with Gasteiger partial charge in [-0.05, 0) is 17.9 Å². The number of hydrogen-bond donors (Lipinski definition) is 2. The third-order valence-corrected chi connectivity index (χ3v) is 4.45. The fourth-order valence-corrected chi connectivity index (χ4v) is 3.05. The van der Waals surface area contributed by atoms with Crippen LogP contribution >= 0.6 is 11.3 Å². The van der Waals surface area contributed by atoms with E-state index in [1.807, 2.05) is 0 Å². The van der Waals surface area contributed by atoms with Crippen molar-refractivity contribution in [3.63, 3.8) is 0 Å². The van der Waals surface area contributed by atoms with Crippen LogP contribution in [0.3, 0.4) is 0 Å². The van der Waals surface area contributed by atoms with E-state index in [1.54, 1.807) is 18.5 Å². The Morgan fingerprint density at radius 3 is 2.95 bits per heavy atom. The summed E-state index contributed by atoms with van der Waals surface area (Å²) in [7, 11) is 1.58. The number of thiophene rings is 1. The Balaban J connectivity index is 1.74. The summed E-state index contributed by atoms with van der Waals surface area (Å²) in [6.07, 6.45) is 0.381. The number of aromatic nitrogens is 2. The Kier molecular flexibility index (Phi) is 3.25. The van der Waals surface area contributed by atoms with Gasteiger partial charge >= 0.3 is 5.97 Å². The molecule has 3 rings (SSSR count). The molecule has 2 atom stereocenters. The van der Waals surface area contributed by atoms with Gasteiger partial charge in [0.1, 0.15) is 10.5 Å². The number of aromatic amines is 1. The first kappa shape index (κ1) is 13.7. The molecular weight excluding hydrogens is 294 g/mol. The number of amides is 1. The van der Waals surface area contributed by atoms with Crippen LogP contribution in [0.25, 0.3) is 10.2 Å². The van der Waals surface area contributed by atoms with E-state index < -0.39 is 17.8 Å². The average molecular weight is 307 g/mol. The van der Waals surface area contributed by atoms with Gasteiger partial charge in [0.25, 0.3) is 5.56 Å². The quantitative estimate of drug-likeness (QED) is 0.864. The Morgan fingerprint density at radius 2 is 2.29 bits per heavy atom. The van der Waals surface area contributed by atoms with Crippen molar-refractivity contribution in [2.45, 2.75) is 13.0 Å². The number of carboxylic acid groups (broad SMARTS) is 1. The molecule has 8 heteroatoms. The summed E-state index contributed by atoms with van der Waals surface area (Å²) in [6, 6.07) is 1.75. The van der Waals surface area contributed by atoms with E-state index in [9.17, 15) is 14.4 Å². The maximum atomic E-state index is 12.1. The Labute approximate surface area is 123 Å². The van der Waals surface area contributed by atoms with Crippen LogP contribution in [0.2, 0.25) is 0 Å². The highest BCUT2D eigenvalue weighted by molar-refractivity contribution is 7.17. The molecule has 1 amide bonds. The van der Waals surface area contributed by atoms with Gasteiger partial charge in [0.15, 0.2) is 0 Å². The van der Waals surface area contributed by atoms with Crippen molar-refractivity contribution in [1.82, 2.24) is 14.9 Å². The molecule has 0 radical (unpaired) electrons.